The van der Waals surface area contributed by atoms with Crippen LogP contribution in [-0.4, -0.2) is 83.9 Å². The third-order valence-electron chi connectivity index (χ3n) is 6.56. The van der Waals surface area contributed by atoms with E-state index in [1.165, 1.54) is 17.5 Å². The lowest BCUT2D eigenvalue weighted by Gasteiger charge is -2.19. The number of nitrogens with one attached hydrogen (secondary N) is 1. The van der Waals surface area contributed by atoms with Gasteiger partial charge in [-0.3, -0.25) is 4.57 Å². The second-order valence-electron chi connectivity index (χ2n) is 8.73. The van der Waals surface area contributed by atoms with Gasteiger partial charge in [0.2, 0.25) is 0 Å². The van der Waals surface area contributed by atoms with E-state index in [1.807, 2.05) is 12.3 Å². The van der Waals surface area contributed by atoms with E-state index in [0.717, 1.165) is 30.9 Å². The Balaban J connectivity index is 1.17. The highest BCUT2D eigenvalue weighted by Crippen LogP contribution is 2.32. The summed E-state index contributed by atoms with van der Waals surface area (Å²) in [6.07, 6.45) is 1.59. The summed E-state index contributed by atoms with van der Waals surface area (Å²) >= 11 is 1.70. The highest BCUT2D eigenvalue weighted by molar-refractivity contribution is 7.13. The standard InChI is InChI=1S/C23H25N7O4S/c31-10-15-19(32)20(33)23(34-15)30-12-27-18-21(25-11-26-22(18)30)28-14-5-6-29(9-14)17-4-3-13(8-24-17)16-2-1-7-35-16/h1-4,7-8,11-12,14-15,19-20,23,31-33H,5-6,9-10H2,(H,25,26,28)/t14-,15+,19+,20+,23+/m0/s1. The zero-order valence-corrected chi connectivity index (χ0v) is 19.5. The van der Waals surface area contributed by atoms with E-state index in [0.29, 0.717) is 17.0 Å². The van der Waals surface area contributed by atoms with Gasteiger partial charge in [-0.15, -0.1) is 11.3 Å². The SMILES string of the molecule is OC[C@H]1O[C@@H](n2cnc3c(N[C@H]4CCN(c5ccc(-c6cccs6)cn5)C4)ncnc32)[C@H](O)[C@@H]1O. The minimum Gasteiger partial charge on any atom is -0.394 e. The third kappa shape index (κ3) is 4.02. The first-order chi connectivity index (χ1) is 17.1. The second-order valence-corrected chi connectivity index (χ2v) is 9.68. The molecule has 0 radical (unpaired) electrons. The Labute approximate surface area is 204 Å². The predicted octanol–water partition coefficient (Wildman–Crippen LogP) is 1.25. The summed E-state index contributed by atoms with van der Waals surface area (Å²) in [7, 11) is 0. The number of rotatable bonds is 6. The Kier molecular flexibility index (Phi) is 5.82. The minimum atomic E-state index is -1.21. The zero-order valence-electron chi connectivity index (χ0n) is 18.7. The number of anilines is 2. The van der Waals surface area contributed by atoms with Gasteiger partial charge < -0.3 is 30.3 Å². The van der Waals surface area contributed by atoms with Crippen LogP contribution in [0.5, 0.6) is 0 Å². The fourth-order valence-corrected chi connectivity index (χ4v) is 5.41. The van der Waals surface area contributed by atoms with Crippen molar-refractivity contribution >= 4 is 34.1 Å². The number of thiophene rings is 1. The first kappa shape index (κ1) is 22.3. The van der Waals surface area contributed by atoms with E-state index in [-0.39, 0.29) is 6.04 Å². The smallest absolute Gasteiger partial charge is 0.167 e. The Morgan fingerprint density at radius 2 is 2.03 bits per heavy atom. The van der Waals surface area contributed by atoms with Gasteiger partial charge in [0.1, 0.15) is 30.5 Å². The van der Waals surface area contributed by atoms with Gasteiger partial charge in [-0.2, -0.15) is 0 Å². The van der Waals surface area contributed by atoms with Gasteiger partial charge >= 0.3 is 0 Å². The van der Waals surface area contributed by atoms with Crippen LogP contribution in [0.15, 0.2) is 48.5 Å². The molecular weight excluding hydrogens is 470 g/mol. The molecule has 182 valence electrons. The molecule has 6 rings (SSSR count). The molecular formula is C23H25N7O4S. The van der Waals surface area contributed by atoms with Crippen LogP contribution in [0.2, 0.25) is 0 Å². The molecule has 0 bridgehead atoms. The molecule has 0 unspecified atom stereocenters. The lowest BCUT2D eigenvalue weighted by Crippen LogP contribution is -2.33. The number of imidazole rings is 1. The number of aliphatic hydroxyl groups excluding tert-OH is 3. The normalized spacial score (nSPS) is 26.6. The molecule has 4 N–H and O–H groups in total. The van der Waals surface area contributed by atoms with Crippen LogP contribution in [-0.2, 0) is 4.74 Å². The van der Waals surface area contributed by atoms with E-state index in [9.17, 15) is 15.3 Å². The molecule has 0 spiro atoms. The first-order valence-electron chi connectivity index (χ1n) is 11.4. The number of ether oxygens (including phenoxy) is 1. The average Bonchev–Trinajstić information content (AvgIpc) is 3.68. The Morgan fingerprint density at radius 3 is 2.77 bits per heavy atom. The lowest BCUT2D eigenvalue weighted by molar-refractivity contribution is -0.0511. The van der Waals surface area contributed by atoms with Crippen molar-refractivity contribution in [2.24, 2.45) is 0 Å². The molecule has 2 aliphatic heterocycles. The molecule has 2 fully saturated rings. The summed E-state index contributed by atoms with van der Waals surface area (Å²) < 4.78 is 7.20. The van der Waals surface area contributed by atoms with Crippen molar-refractivity contribution < 1.29 is 20.1 Å². The number of aromatic nitrogens is 5. The van der Waals surface area contributed by atoms with Crippen LogP contribution in [0.4, 0.5) is 11.6 Å². The van der Waals surface area contributed by atoms with Crippen molar-refractivity contribution in [3.8, 4) is 10.4 Å². The summed E-state index contributed by atoms with van der Waals surface area (Å²) in [5.41, 5.74) is 2.13. The fraction of sp³-hybridized carbons (Fsp3) is 0.391. The summed E-state index contributed by atoms with van der Waals surface area (Å²) in [4.78, 5) is 21.3. The van der Waals surface area contributed by atoms with Gasteiger partial charge in [0.05, 0.1) is 12.9 Å². The van der Waals surface area contributed by atoms with E-state index >= 15 is 0 Å². The van der Waals surface area contributed by atoms with Crippen LogP contribution in [0.3, 0.4) is 0 Å². The van der Waals surface area contributed by atoms with Crippen molar-refractivity contribution in [3.05, 3.63) is 48.5 Å². The Bertz CT molecular complexity index is 1300. The van der Waals surface area contributed by atoms with Gasteiger partial charge in [-0.1, -0.05) is 6.07 Å². The molecule has 35 heavy (non-hydrogen) atoms. The lowest BCUT2D eigenvalue weighted by atomic mass is 10.1. The summed E-state index contributed by atoms with van der Waals surface area (Å²) in [5, 5.41) is 35.4. The van der Waals surface area contributed by atoms with Gasteiger partial charge in [0.25, 0.3) is 0 Å². The zero-order chi connectivity index (χ0) is 23.9. The summed E-state index contributed by atoms with van der Waals surface area (Å²) in [5.74, 6) is 1.53. The third-order valence-corrected chi connectivity index (χ3v) is 7.48. The molecule has 5 atom stereocenters. The molecule has 0 aromatic carbocycles. The Hall–Kier alpha value is -3.16. The summed E-state index contributed by atoms with van der Waals surface area (Å²) in [6.45, 7) is 1.24. The van der Waals surface area contributed by atoms with Crippen molar-refractivity contribution in [2.45, 2.75) is 37.0 Å². The summed E-state index contributed by atoms with van der Waals surface area (Å²) in [6, 6.07) is 8.44. The van der Waals surface area contributed by atoms with Crippen LogP contribution >= 0.6 is 11.3 Å². The molecule has 12 heteroatoms. The maximum absolute atomic E-state index is 10.4. The average molecular weight is 496 g/mol. The molecule has 2 saturated heterocycles. The highest BCUT2D eigenvalue weighted by atomic mass is 32.1. The van der Waals surface area contributed by atoms with Crippen molar-refractivity contribution in [1.82, 2.24) is 24.5 Å². The van der Waals surface area contributed by atoms with Crippen LogP contribution < -0.4 is 10.2 Å². The molecule has 0 aliphatic carbocycles. The number of nitrogens with zero attached hydrogens (tertiary/aromatic N) is 6. The van der Waals surface area contributed by atoms with Crippen LogP contribution in [0, 0.1) is 0 Å². The van der Waals surface area contributed by atoms with Gasteiger partial charge in [-0.25, -0.2) is 19.9 Å². The van der Waals surface area contributed by atoms with E-state index in [4.69, 9.17) is 4.74 Å². The molecule has 0 amide bonds. The Morgan fingerprint density at radius 1 is 1.11 bits per heavy atom. The van der Waals surface area contributed by atoms with Crippen molar-refractivity contribution in [2.75, 3.05) is 29.9 Å². The van der Waals surface area contributed by atoms with Gasteiger partial charge in [-0.05, 0) is 30.0 Å². The van der Waals surface area contributed by atoms with E-state index in [2.05, 4.69) is 53.7 Å². The van der Waals surface area contributed by atoms with Gasteiger partial charge in [0, 0.05) is 35.8 Å². The number of fused-ring (bicyclic) bond motifs is 1. The maximum Gasteiger partial charge on any atom is 0.167 e. The maximum atomic E-state index is 10.4. The van der Waals surface area contributed by atoms with Crippen molar-refractivity contribution in [1.29, 1.82) is 0 Å². The van der Waals surface area contributed by atoms with Gasteiger partial charge in [0.15, 0.2) is 23.2 Å². The monoisotopic (exact) mass is 495 g/mol. The molecule has 0 saturated carbocycles. The molecule has 6 heterocycles. The van der Waals surface area contributed by atoms with Crippen LogP contribution in [0.25, 0.3) is 21.6 Å². The minimum absolute atomic E-state index is 0.144. The van der Waals surface area contributed by atoms with Crippen molar-refractivity contribution in [3.63, 3.8) is 0 Å². The van der Waals surface area contributed by atoms with Crippen LogP contribution in [0.1, 0.15) is 12.6 Å². The number of pyridine rings is 1. The molecule has 11 nitrogen and oxygen atoms in total. The first-order valence-corrected chi connectivity index (χ1v) is 12.3. The number of hydrogen-bond donors (Lipinski definition) is 4. The fourth-order valence-electron chi connectivity index (χ4n) is 4.69. The molecule has 4 aromatic heterocycles. The van der Waals surface area contributed by atoms with E-state index < -0.39 is 31.1 Å². The number of aliphatic hydroxyl groups is 3. The van der Waals surface area contributed by atoms with E-state index in [1.54, 1.807) is 15.9 Å². The topological polar surface area (TPSA) is 142 Å². The molecule has 4 aromatic rings. The molecule has 2 aliphatic rings. The largest absolute Gasteiger partial charge is 0.394 e. The highest BCUT2D eigenvalue weighted by Gasteiger charge is 2.44. The predicted molar refractivity (Wildman–Crippen MR) is 130 cm³/mol. The number of hydrogen-bond acceptors (Lipinski definition) is 11. The quantitative estimate of drug-likeness (QED) is 0.309. The second kappa shape index (κ2) is 9.13.